The molecular formula is C25H31N7O2S. The molecule has 3 aromatic rings. The van der Waals surface area contributed by atoms with Crippen LogP contribution >= 0.6 is 0 Å². The number of nitrogens with one attached hydrogen (secondary N) is 1. The summed E-state index contributed by atoms with van der Waals surface area (Å²) in [5.41, 5.74) is 10.6. The molecule has 1 aromatic heterocycles. The van der Waals surface area contributed by atoms with Crippen LogP contribution in [-0.4, -0.2) is 50.1 Å². The zero-order valence-corrected chi connectivity index (χ0v) is 21.0. The number of rotatable bonds is 6. The molecule has 0 spiro atoms. The number of nitrogen functional groups attached to an aromatic ring is 1. The van der Waals surface area contributed by atoms with Gasteiger partial charge in [0.1, 0.15) is 4.90 Å². The van der Waals surface area contributed by atoms with Crippen LogP contribution in [0.3, 0.4) is 0 Å². The van der Waals surface area contributed by atoms with Crippen molar-refractivity contribution in [2.45, 2.75) is 37.8 Å². The number of piperazine rings is 1. The van der Waals surface area contributed by atoms with Gasteiger partial charge < -0.3 is 16.0 Å². The quantitative estimate of drug-likeness (QED) is 0.357. The molecule has 2 heterocycles. The average Bonchev–Trinajstić information content (AvgIpc) is 3.21. The molecule has 2 aromatic carbocycles. The Morgan fingerprint density at radius 2 is 1.83 bits per heavy atom. The third-order valence-electron chi connectivity index (χ3n) is 6.31. The number of nitrogens with two attached hydrogens (primary N) is 2. The summed E-state index contributed by atoms with van der Waals surface area (Å²) in [5, 5.41) is 13.1. The molecule has 0 amide bonds. The summed E-state index contributed by atoms with van der Waals surface area (Å²) >= 11 is 0. The number of primary sulfonamides is 1. The molecular weight excluding hydrogens is 462 g/mol. The van der Waals surface area contributed by atoms with Crippen molar-refractivity contribution in [1.29, 1.82) is 0 Å². The van der Waals surface area contributed by atoms with Crippen molar-refractivity contribution in [1.82, 2.24) is 15.1 Å². The van der Waals surface area contributed by atoms with Crippen molar-refractivity contribution in [3.05, 3.63) is 54.2 Å². The second-order valence-electron chi connectivity index (χ2n) is 8.90. The fourth-order valence-corrected chi connectivity index (χ4v) is 5.23. The van der Waals surface area contributed by atoms with Gasteiger partial charge in [0, 0.05) is 42.6 Å². The summed E-state index contributed by atoms with van der Waals surface area (Å²) in [6.45, 7) is 12.1. The lowest BCUT2D eigenvalue weighted by Crippen LogP contribution is -2.55. The molecule has 1 fully saturated rings. The number of aromatic nitrogens is 2. The number of nitrogens with zero attached hydrogens (tertiary/aromatic N) is 4. The summed E-state index contributed by atoms with van der Waals surface area (Å²) in [7, 11) is -3.90. The fraction of sp³-hybridized carbons (Fsp3) is 0.280. The van der Waals surface area contributed by atoms with E-state index in [0.717, 1.165) is 24.2 Å². The highest BCUT2D eigenvalue weighted by Gasteiger charge is 2.24. The molecule has 0 radical (unpaired) electrons. The molecule has 0 saturated carbocycles. The minimum atomic E-state index is -3.90. The smallest absolute Gasteiger partial charge is 0.240 e. The maximum absolute atomic E-state index is 11.7. The molecule has 1 saturated heterocycles. The number of sulfonamides is 1. The predicted octanol–water partition coefficient (Wildman–Crippen LogP) is 3.32. The Morgan fingerprint density at radius 1 is 1.17 bits per heavy atom. The highest BCUT2D eigenvalue weighted by molar-refractivity contribution is 7.89. The second-order valence-corrected chi connectivity index (χ2v) is 10.4. The van der Waals surface area contributed by atoms with E-state index in [9.17, 15) is 8.42 Å². The number of anilines is 2. The van der Waals surface area contributed by atoms with E-state index in [1.54, 1.807) is 23.0 Å². The highest BCUT2D eigenvalue weighted by Crippen LogP contribution is 2.34. The Morgan fingerprint density at radius 3 is 2.40 bits per heavy atom. The zero-order valence-electron chi connectivity index (χ0n) is 20.1. The van der Waals surface area contributed by atoms with Crippen LogP contribution in [-0.2, 0) is 10.0 Å². The molecule has 5 N–H and O–H groups in total. The van der Waals surface area contributed by atoms with Crippen LogP contribution < -0.4 is 21.1 Å². The maximum atomic E-state index is 11.7. The van der Waals surface area contributed by atoms with E-state index >= 15 is 0 Å². The first-order chi connectivity index (χ1) is 16.6. The standard InChI is InChI=1S/C25H31N7O2S/c1-16(19-5-8-21(9-6-19)32-17(2)12-29-13-18(32)3)15-31-25(28-4)22(14-30-31)20-7-10-24(23(26)11-20)35(27,33)34/h5-11,14-15,17-18,29H,4,12-13,26H2,1-3H3,(H2,27,33,34)/b16-15+/t17-,18+. The van der Waals surface area contributed by atoms with Gasteiger partial charge in [0.05, 0.1) is 11.9 Å². The summed E-state index contributed by atoms with van der Waals surface area (Å²) in [6, 6.07) is 13.9. The maximum Gasteiger partial charge on any atom is 0.240 e. The van der Waals surface area contributed by atoms with E-state index in [0.29, 0.717) is 29.0 Å². The van der Waals surface area contributed by atoms with Crippen molar-refractivity contribution < 1.29 is 8.42 Å². The van der Waals surface area contributed by atoms with Crippen LogP contribution in [0.15, 0.2) is 58.5 Å². The van der Waals surface area contributed by atoms with Crippen LogP contribution in [0.1, 0.15) is 26.3 Å². The molecule has 35 heavy (non-hydrogen) atoms. The van der Waals surface area contributed by atoms with E-state index in [4.69, 9.17) is 10.9 Å². The lowest BCUT2D eigenvalue weighted by atomic mass is 10.0. The van der Waals surface area contributed by atoms with Crippen LogP contribution in [0.25, 0.3) is 22.9 Å². The summed E-state index contributed by atoms with van der Waals surface area (Å²) in [6.07, 6.45) is 3.54. The average molecular weight is 494 g/mol. The minimum absolute atomic E-state index is 0.0627. The van der Waals surface area contributed by atoms with E-state index in [1.165, 1.54) is 11.8 Å². The Balaban J connectivity index is 1.62. The van der Waals surface area contributed by atoms with E-state index in [-0.39, 0.29) is 10.6 Å². The molecule has 1 aliphatic heterocycles. The van der Waals surface area contributed by atoms with E-state index < -0.39 is 10.0 Å². The first kappa shape index (κ1) is 24.6. The van der Waals surface area contributed by atoms with Gasteiger partial charge in [0.2, 0.25) is 10.0 Å². The topological polar surface area (TPSA) is 132 Å². The highest BCUT2D eigenvalue weighted by atomic mass is 32.2. The van der Waals surface area contributed by atoms with Crippen molar-refractivity contribution in [3.8, 4) is 11.1 Å². The van der Waals surface area contributed by atoms with Crippen LogP contribution in [0.4, 0.5) is 17.2 Å². The van der Waals surface area contributed by atoms with Gasteiger partial charge in [0.25, 0.3) is 0 Å². The van der Waals surface area contributed by atoms with Gasteiger partial charge in [-0.1, -0.05) is 18.2 Å². The van der Waals surface area contributed by atoms with Gasteiger partial charge in [-0.15, -0.1) is 0 Å². The second kappa shape index (κ2) is 9.65. The Hall–Kier alpha value is -3.47. The van der Waals surface area contributed by atoms with Gasteiger partial charge in [-0.3, -0.25) is 0 Å². The molecule has 184 valence electrons. The number of aliphatic imine (C=N–C) groups is 1. The first-order valence-corrected chi connectivity index (χ1v) is 12.9. The molecule has 1 aliphatic rings. The third kappa shape index (κ3) is 5.00. The van der Waals surface area contributed by atoms with Gasteiger partial charge in [-0.25, -0.2) is 23.2 Å². The SMILES string of the molecule is C=Nc1c(-c2ccc(S(N)(=O)=O)c(N)c2)cnn1/C=C(\C)c1ccc(N2[C@H](C)CNC[C@@H]2C)cc1. The predicted molar refractivity (Wildman–Crippen MR) is 143 cm³/mol. The van der Waals surface area contributed by atoms with Crippen LogP contribution in [0, 0.1) is 0 Å². The molecule has 0 aliphatic carbocycles. The van der Waals surface area contributed by atoms with Crippen molar-refractivity contribution in [2.75, 3.05) is 23.7 Å². The number of benzene rings is 2. The molecule has 9 nitrogen and oxygen atoms in total. The molecule has 2 atom stereocenters. The Bertz CT molecular complexity index is 1370. The third-order valence-corrected chi connectivity index (χ3v) is 7.30. The first-order valence-electron chi connectivity index (χ1n) is 11.3. The number of allylic oxidation sites excluding steroid dienone is 1. The van der Waals surface area contributed by atoms with E-state index in [2.05, 4.69) is 65.1 Å². The Kier molecular flexibility index (Phi) is 6.79. The molecule has 10 heteroatoms. The van der Waals surface area contributed by atoms with E-state index in [1.807, 2.05) is 13.1 Å². The summed E-state index contributed by atoms with van der Waals surface area (Å²) in [4.78, 5) is 6.49. The van der Waals surface area contributed by atoms with Gasteiger partial charge >= 0.3 is 0 Å². The van der Waals surface area contributed by atoms with Crippen molar-refractivity contribution in [3.63, 3.8) is 0 Å². The lowest BCUT2D eigenvalue weighted by molar-refractivity contribution is 0.432. The zero-order chi connectivity index (χ0) is 25.3. The van der Waals surface area contributed by atoms with Gasteiger partial charge in [0.15, 0.2) is 5.82 Å². The Labute approximate surface area is 206 Å². The largest absolute Gasteiger partial charge is 0.398 e. The number of hydrogen-bond acceptors (Lipinski definition) is 7. The van der Waals surface area contributed by atoms with Gasteiger partial charge in [-0.05, 0) is 68.5 Å². The van der Waals surface area contributed by atoms with Crippen LogP contribution in [0.2, 0.25) is 0 Å². The molecule has 0 bridgehead atoms. The summed E-state index contributed by atoms with van der Waals surface area (Å²) < 4.78 is 25.0. The number of hydrogen-bond donors (Lipinski definition) is 3. The fourth-order valence-electron chi connectivity index (χ4n) is 4.58. The minimum Gasteiger partial charge on any atom is -0.398 e. The molecule has 4 rings (SSSR count). The van der Waals surface area contributed by atoms with Crippen LogP contribution in [0.5, 0.6) is 0 Å². The van der Waals surface area contributed by atoms with Crippen molar-refractivity contribution >= 4 is 45.7 Å². The summed E-state index contributed by atoms with van der Waals surface area (Å²) in [5.74, 6) is 0.521. The van der Waals surface area contributed by atoms with Gasteiger partial charge in [-0.2, -0.15) is 5.10 Å². The monoisotopic (exact) mass is 493 g/mol. The molecule has 0 unspecified atom stereocenters. The van der Waals surface area contributed by atoms with Crippen molar-refractivity contribution in [2.24, 2.45) is 10.1 Å². The normalized spacial score (nSPS) is 19.1. The lowest BCUT2D eigenvalue weighted by Gasteiger charge is -2.41.